The molecule has 0 saturated heterocycles. The highest BCUT2D eigenvalue weighted by Crippen LogP contribution is 2.26. The van der Waals surface area contributed by atoms with Crippen molar-refractivity contribution in [3.8, 4) is 5.75 Å². The Kier molecular flexibility index (Phi) is 5.16. The molecule has 0 unspecified atom stereocenters. The second-order valence-corrected chi connectivity index (χ2v) is 4.11. The Morgan fingerprint density at radius 1 is 1.35 bits per heavy atom. The third-order valence-corrected chi connectivity index (χ3v) is 2.96. The molecule has 3 heteroatoms. The molecule has 94 valence electrons. The minimum Gasteiger partial charge on any atom is -0.496 e. The Morgan fingerprint density at radius 2 is 2.06 bits per heavy atom. The molecule has 0 atom stereocenters. The summed E-state index contributed by atoms with van der Waals surface area (Å²) >= 11 is 0. The van der Waals surface area contributed by atoms with Crippen molar-refractivity contribution < 1.29 is 9.53 Å². The van der Waals surface area contributed by atoms with E-state index in [-0.39, 0.29) is 5.78 Å². The number of carbonyl (C=O) groups is 1. The van der Waals surface area contributed by atoms with E-state index >= 15 is 0 Å². The van der Waals surface area contributed by atoms with E-state index in [1.54, 1.807) is 7.11 Å². The van der Waals surface area contributed by atoms with E-state index in [0.717, 1.165) is 17.7 Å². The van der Waals surface area contributed by atoms with Gasteiger partial charge in [0.05, 0.1) is 12.7 Å². The van der Waals surface area contributed by atoms with Crippen LogP contribution >= 0.6 is 0 Å². The summed E-state index contributed by atoms with van der Waals surface area (Å²) in [6, 6.07) is 3.83. The number of aryl methyl sites for hydroxylation is 1. The molecule has 0 aliphatic rings. The van der Waals surface area contributed by atoms with E-state index in [1.807, 2.05) is 32.9 Å². The molecule has 17 heavy (non-hydrogen) atoms. The van der Waals surface area contributed by atoms with Gasteiger partial charge in [0, 0.05) is 13.0 Å². The lowest BCUT2D eigenvalue weighted by atomic mass is 10.00. The number of ether oxygens (including phenoxy) is 1. The monoisotopic (exact) mass is 235 g/mol. The van der Waals surface area contributed by atoms with Crippen molar-refractivity contribution in [3.05, 3.63) is 28.8 Å². The molecule has 1 aromatic carbocycles. The fourth-order valence-corrected chi connectivity index (χ4v) is 1.79. The van der Waals surface area contributed by atoms with E-state index in [2.05, 4.69) is 5.32 Å². The number of hydrogen-bond acceptors (Lipinski definition) is 3. The molecule has 1 aromatic rings. The van der Waals surface area contributed by atoms with E-state index in [9.17, 15) is 4.79 Å². The van der Waals surface area contributed by atoms with E-state index < -0.39 is 0 Å². The van der Waals surface area contributed by atoms with Crippen LogP contribution in [0.15, 0.2) is 12.1 Å². The summed E-state index contributed by atoms with van der Waals surface area (Å²) in [5, 5.41) is 3.15. The van der Waals surface area contributed by atoms with Gasteiger partial charge in [0.2, 0.25) is 0 Å². The predicted octanol–water partition coefficient (Wildman–Crippen LogP) is 2.49. The number of Topliss-reactive ketones (excluding diaryl/α,β-unsaturated/α-hetero) is 1. The first-order valence-corrected chi connectivity index (χ1v) is 5.99. The zero-order valence-electron chi connectivity index (χ0n) is 11.1. The van der Waals surface area contributed by atoms with Crippen LogP contribution in [0.3, 0.4) is 0 Å². The van der Waals surface area contributed by atoms with Gasteiger partial charge in [0.1, 0.15) is 5.75 Å². The molecule has 0 aliphatic carbocycles. The van der Waals surface area contributed by atoms with Gasteiger partial charge < -0.3 is 10.1 Å². The van der Waals surface area contributed by atoms with Crippen molar-refractivity contribution in [2.45, 2.75) is 27.2 Å². The van der Waals surface area contributed by atoms with Gasteiger partial charge >= 0.3 is 0 Å². The fraction of sp³-hybridized carbons (Fsp3) is 0.500. The molecule has 0 amide bonds. The number of ketones is 1. The van der Waals surface area contributed by atoms with Gasteiger partial charge in [-0.25, -0.2) is 0 Å². The maximum absolute atomic E-state index is 12.0. The lowest BCUT2D eigenvalue weighted by molar-refractivity contribution is 0.0979. The highest BCUT2D eigenvalue weighted by atomic mass is 16.5. The summed E-state index contributed by atoms with van der Waals surface area (Å²) in [5.41, 5.74) is 2.88. The second-order valence-electron chi connectivity index (χ2n) is 4.11. The molecule has 0 aliphatic heterocycles. The molecule has 0 aromatic heterocycles. The van der Waals surface area contributed by atoms with Crippen LogP contribution in [-0.2, 0) is 0 Å². The largest absolute Gasteiger partial charge is 0.496 e. The van der Waals surface area contributed by atoms with Crippen LogP contribution < -0.4 is 10.1 Å². The van der Waals surface area contributed by atoms with Gasteiger partial charge in [-0.2, -0.15) is 0 Å². The first-order chi connectivity index (χ1) is 8.11. The van der Waals surface area contributed by atoms with Crippen LogP contribution in [0, 0.1) is 13.8 Å². The van der Waals surface area contributed by atoms with Crippen molar-refractivity contribution in [2.24, 2.45) is 0 Å². The van der Waals surface area contributed by atoms with Crippen molar-refractivity contribution in [3.63, 3.8) is 0 Å². The molecule has 3 nitrogen and oxygen atoms in total. The summed E-state index contributed by atoms with van der Waals surface area (Å²) in [6.07, 6.45) is 0.507. The third-order valence-electron chi connectivity index (χ3n) is 2.96. The maximum Gasteiger partial charge on any atom is 0.167 e. The summed E-state index contributed by atoms with van der Waals surface area (Å²) in [5.74, 6) is 0.845. The Morgan fingerprint density at radius 3 is 2.65 bits per heavy atom. The zero-order chi connectivity index (χ0) is 12.8. The second kappa shape index (κ2) is 6.40. The smallest absolute Gasteiger partial charge is 0.167 e. The lowest BCUT2D eigenvalue weighted by Gasteiger charge is -2.12. The minimum atomic E-state index is 0.130. The zero-order valence-corrected chi connectivity index (χ0v) is 11.1. The highest BCUT2D eigenvalue weighted by Gasteiger charge is 2.14. The van der Waals surface area contributed by atoms with E-state index in [0.29, 0.717) is 24.3 Å². The molecule has 0 saturated carbocycles. The van der Waals surface area contributed by atoms with Gasteiger partial charge in [-0.15, -0.1) is 0 Å². The quantitative estimate of drug-likeness (QED) is 0.608. The highest BCUT2D eigenvalue weighted by molar-refractivity contribution is 5.99. The average Bonchev–Trinajstić information content (AvgIpc) is 2.32. The summed E-state index contributed by atoms with van der Waals surface area (Å²) in [7, 11) is 1.61. The number of rotatable bonds is 6. The minimum absolute atomic E-state index is 0.130. The fourth-order valence-electron chi connectivity index (χ4n) is 1.79. The molecule has 1 N–H and O–H groups in total. The standard InChI is InChI=1S/C14H21NO2/c1-5-15-9-8-13(16)12-7-6-10(2)11(3)14(12)17-4/h6-7,15H,5,8-9H2,1-4H3. The van der Waals surface area contributed by atoms with E-state index in [1.165, 1.54) is 0 Å². The number of carbonyl (C=O) groups excluding carboxylic acids is 1. The van der Waals surface area contributed by atoms with Crippen molar-refractivity contribution >= 4 is 5.78 Å². The van der Waals surface area contributed by atoms with Crippen molar-refractivity contribution in [2.75, 3.05) is 20.2 Å². The number of methoxy groups -OCH3 is 1. The first kappa shape index (κ1) is 13.7. The van der Waals surface area contributed by atoms with Crippen molar-refractivity contribution in [1.82, 2.24) is 5.32 Å². The van der Waals surface area contributed by atoms with E-state index in [4.69, 9.17) is 4.74 Å². The molecule has 0 bridgehead atoms. The maximum atomic E-state index is 12.0. The Balaban J connectivity index is 2.90. The first-order valence-electron chi connectivity index (χ1n) is 5.99. The van der Waals surface area contributed by atoms with Gasteiger partial charge in [0.25, 0.3) is 0 Å². The average molecular weight is 235 g/mol. The van der Waals surface area contributed by atoms with Crippen LogP contribution in [0.1, 0.15) is 34.8 Å². The summed E-state index contributed by atoms with van der Waals surface area (Å²) in [4.78, 5) is 12.0. The number of hydrogen-bond donors (Lipinski definition) is 1. The lowest BCUT2D eigenvalue weighted by Crippen LogP contribution is -2.18. The molecule has 0 fully saturated rings. The number of benzene rings is 1. The predicted molar refractivity (Wildman–Crippen MR) is 70.0 cm³/mol. The van der Waals surface area contributed by atoms with Gasteiger partial charge in [0.15, 0.2) is 5.78 Å². The normalized spacial score (nSPS) is 10.4. The van der Waals surface area contributed by atoms with Crippen LogP contribution in [-0.4, -0.2) is 26.0 Å². The van der Waals surface area contributed by atoms with Crippen molar-refractivity contribution in [1.29, 1.82) is 0 Å². The molecule has 1 rings (SSSR count). The Labute approximate surface area is 103 Å². The van der Waals surface area contributed by atoms with Gasteiger partial charge in [-0.1, -0.05) is 13.0 Å². The molecular weight excluding hydrogens is 214 g/mol. The molecular formula is C14H21NO2. The summed E-state index contributed by atoms with van der Waals surface area (Å²) < 4.78 is 5.34. The van der Waals surface area contributed by atoms with Gasteiger partial charge in [-0.05, 0) is 37.6 Å². The van der Waals surface area contributed by atoms with Crippen LogP contribution in [0.2, 0.25) is 0 Å². The van der Waals surface area contributed by atoms with Crippen LogP contribution in [0.4, 0.5) is 0 Å². The molecule has 0 spiro atoms. The topological polar surface area (TPSA) is 38.3 Å². The van der Waals surface area contributed by atoms with Crippen LogP contribution in [0.5, 0.6) is 5.75 Å². The molecule has 0 radical (unpaired) electrons. The van der Waals surface area contributed by atoms with Gasteiger partial charge in [-0.3, -0.25) is 4.79 Å². The Hall–Kier alpha value is -1.35. The molecule has 0 heterocycles. The van der Waals surface area contributed by atoms with Crippen LogP contribution in [0.25, 0.3) is 0 Å². The Bertz CT molecular complexity index is 399. The SMILES string of the molecule is CCNCCC(=O)c1ccc(C)c(C)c1OC. The summed E-state index contributed by atoms with van der Waals surface area (Å²) in [6.45, 7) is 7.63. The third kappa shape index (κ3) is 3.30. The number of nitrogens with one attached hydrogen (secondary N) is 1.